The van der Waals surface area contributed by atoms with Gasteiger partial charge >= 0.3 is 0 Å². The first-order valence-corrected chi connectivity index (χ1v) is 8.49. The minimum atomic E-state index is 0.653. The molecule has 1 aliphatic rings. The maximum Gasteiger partial charge on any atom is 0.0595 e. The van der Waals surface area contributed by atoms with Gasteiger partial charge in [0.2, 0.25) is 0 Å². The number of hydrogen-bond acceptors (Lipinski definition) is 1. The maximum atomic E-state index is 6.11. The van der Waals surface area contributed by atoms with E-state index in [9.17, 15) is 0 Å². The molecule has 0 N–H and O–H groups in total. The number of benzene rings is 1. The quantitative estimate of drug-likeness (QED) is 0.578. The summed E-state index contributed by atoms with van der Waals surface area (Å²) in [6.07, 6.45) is 7.73. The third-order valence-electron chi connectivity index (χ3n) is 4.37. The normalized spacial score (nSPS) is 22.9. The predicted molar refractivity (Wildman–Crippen MR) is 86.9 cm³/mol. The van der Waals surface area contributed by atoms with Gasteiger partial charge in [0.25, 0.3) is 0 Å². The van der Waals surface area contributed by atoms with Crippen molar-refractivity contribution in [1.29, 1.82) is 0 Å². The highest BCUT2D eigenvalue weighted by Gasteiger charge is 2.22. The van der Waals surface area contributed by atoms with Gasteiger partial charge in [-0.05, 0) is 75.0 Å². The van der Waals surface area contributed by atoms with Crippen molar-refractivity contribution in [3.8, 4) is 0 Å². The highest BCUT2D eigenvalue weighted by Crippen LogP contribution is 2.38. The van der Waals surface area contributed by atoms with Gasteiger partial charge in [0.1, 0.15) is 0 Å². The third-order valence-corrected chi connectivity index (χ3v) is 5.11. The Morgan fingerprint density at radius 3 is 2.50 bits per heavy atom. The second-order valence-electron chi connectivity index (χ2n) is 5.73. The second kappa shape index (κ2) is 8.26. The lowest BCUT2D eigenvalue weighted by Gasteiger charge is -2.29. The van der Waals surface area contributed by atoms with Crippen molar-refractivity contribution in [2.24, 2.45) is 5.92 Å². The Morgan fingerprint density at radius 1 is 1.10 bits per heavy atom. The highest BCUT2D eigenvalue weighted by atomic mass is 35.5. The summed E-state index contributed by atoms with van der Waals surface area (Å²) in [5.41, 5.74) is 1.35. The third kappa shape index (κ3) is 4.65. The van der Waals surface area contributed by atoms with E-state index in [1.807, 2.05) is 12.1 Å². The Morgan fingerprint density at radius 2 is 1.85 bits per heavy atom. The molecule has 20 heavy (non-hydrogen) atoms. The molecule has 1 aromatic rings. The molecule has 3 heteroatoms. The second-order valence-corrected chi connectivity index (χ2v) is 6.54. The van der Waals surface area contributed by atoms with Crippen molar-refractivity contribution >= 4 is 23.2 Å². The smallest absolute Gasteiger partial charge is 0.0595 e. The fourth-order valence-corrected chi connectivity index (χ4v) is 3.48. The number of rotatable bonds is 6. The molecule has 112 valence electrons. The van der Waals surface area contributed by atoms with Crippen molar-refractivity contribution in [3.05, 3.63) is 33.8 Å². The van der Waals surface area contributed by atoms with E-state index in [1.165, 1.54) is 44.1 Å². The zero-order valence-corrected chi connectivity index (χ0v) is 13.7. The average Bonchev–Trinajstić information content (AvgIpc) is 2.47. The molecule has 0 amide bonds. The molecule has 1 fully saturated rings. The fourth-order valence-electron chi connectivity index (χ4n) is 3.17. The fraction of sp³-hybridized carbons (Fsp3) is 0.647. The number of halogens is 2. The summed E-state index contributed by atoms with van der Waals surface area (Å²) in [7, 11) is 0. The van der Waals surface area contributed by atoms with Crippen LogP contribution in [0, 0.1) is 5.92 Å². The zero-order chi connectivity index (χ0) is 14.4. The van der Waals surface area contributed by atoms with Crippen LogP contribution >= 0.6 is 23.2 Å². The lowest BCUT2D eigenvalue weighted by molar-refractivity contribution is 0.136. The van der Waals surface area contributed by atoms with Crippen molar-refractivity contribution < 1.29 is 4.74 Å². The summed E-state index contributed by atoms with van der Waals surface area (Å²) in [5.74, 6) is 1.54. The Bertz CT molecular complexity index is 411. The molecule has 1 aromatic carbocycles. The molecule has 0 saturated heterocycles. The Hall–Kier alpha value is -0.240. The molecule has 0 radical (unpaired) electrons. The first kappa shape index (κ1) is 16.1. The summed E-state index contributed by atoms with van der Waals surface area (Å²) in [5, 5.41) is 1.34. The summed E-state index contributed by atoms with van der Waals surface area (Å²) in [6.45, 7) is 3.82. The number of ether oxygens (including phenoxy) is 1. The molecule has 1 saturated carbocycles. The van der Waals surface area contributed by atoms with Crippen LogP contribution in [0.5, 0.6) is 0 Å². The zero-order valence-electron chi connectivity index (χ0n) is 12.2. The monoisotopic (exact) mass is 314 g/mol. The van der Waals surface area contributed by atoms with Crippen LogP contribution in [0.2, 0.25) is 10.0 Å². The van der Waals surface area contributed by atoms with E-state index in [2.05, 4.69) is 13.0 Å². The summed E-state index contributed by atoms with van der Waals surface area (Å²) in [6, 6.07) is 6.10. The molecule has 0 spiro atoms. The van der Waals surface area contributed by atoms with E-state index in [-0.39, 0.29) is 0 Å². The average molecular weight is 315 g/mol. The van der Waals surface area contributed by atoms with Crippen LogP contribution in [-0.2, 0) is 4.74 Å². The SMILES string of the molecule is CCOCCCC1CCC(c2ccc(Cl)c(Cl)c2)CC1. The van der Waals surface area contributed by atoms with E-state index in [0.29, 0.717) is 16.0 Å². The molecule has 1 aliphatic carbocycles. The van der Waals surface area contributed by atoms with Crippen molar-refractivity contribution in [2.45, 2.75) is 51.4 Å². The van der Waals surface area contributed by atoms with Crippen LogP contribution < -0.4 is 0 Å². The van der Waals surface area contributed by atoms with E-state index in [1.54, 1.807) is 0 Å². The van der Waals surface area contributed by atoms with Crippen LogP contribution in [0.1, 0.15) is 56.9 Å². The topological polar surface area (TPSA) is 9.23 Å². The van der Waals surface area contributed by atoms with Crippen LogP contribution in [-0.4, -0.2) is 13.2 Å². The van der Waals surface area contributed by atoms with Gasteiger partial charge in [-0.2, -0.15) is 0 Å². The first-order chi connectivity index (χ1) is 9.70. The van der Waals surface area contributed by atoms with Gasteiger partial charge in [0, 0.05) is 13.2 Å². The van der Waals surface area contributed by atoms with E-state index >= 15 is 0 Å². The molecular formula is C17H24Cl2O. The molecule has 0 aliphatic heterocycles. The molecule has 0 atom stereocenters. The van der Waals surface area contributed by atoms with Crippen LogP contribution in [0.3, 0.4) is 0 Å². The molecule has 0 unspecified atom stereocenters. The summed E-state index contributed by atoms with van der Waals surface area (Å²) in [4.78, 5) is 0. The summed E-state index contributed by atoms with van der Waals surface area (Å²) >= 11 is 12.1. The van der Waals surface area contributed by atoms with Gasteiger partial charge in [-0.15, -0.1) is 0 Å². The first-order valence-electron chi connectivity index (χ1n) is 7.73. The van der Waals surface area contributed by atoms with Gasteiger partial charge < -0.3 is 4.74 Å². The minimum absolute atomic E-state index is 0.653. The minimum Gasteiger partial charge on any atom is -0.382 e. The van der Waals surface area contributed by atoms with Gasteiger partial charge in [-0.3, -0.25) is 0 Å². The molecule has 0 aromatic heterocycles. The standard InChI is InChI=1S/C17H24Cl2O/c1-2-20-11-3-4-13-5-7-14(8-6-13)15-9-10-16(18)17(19)12-15/h9-10,12-14H,2-8,11H2,1H3. The van der Waals surface area contributed by atoms with Crippen LogP contribution in [0.25, 0.3) is 0 Å². The Balaban J connectivity index is 1.77. The molecule has 0 bridgehead atoms. The van der Waals surface area contributed by atoms with E-state index < -0.39 is 0 Å². The molecular weight excluding hydrogens is 291 g/mol. The predicted octanol–water partition coefficient (Wildman–Crippen LogP) is 6.08. The Labute approximate surface area is 132 Å². The van der Waals surface area contributed by atoms with E-state index in [4.69, 9.17) is 27.9 Å². The van der Waals surface area contributed by atoms with Crippen molar-refractivity contribution in [3.63, 3.8) is 0 Å². The molecule has 0 heterocycles. The van der Waals surface area contributed by atoms with Gasteiger partial charge in [-0.1, -0.05) is 29.3 Å². The van der Waals surface area contributed by atoms with E-state index in [0.717, 1.165) is 19.1 Å². The largest absolute Gasteiger partial charge is 0.382 e. The van der Waals surface area contributed by atoms with Gasteiger partial charge in [0.15, 0.2) is 0 Å². The van der Waals surface area contributed by atoms with Gasteiger partial charge in [-0.25, -0.2) is 0 Å². The van der Waals surface area contributed by atoms with Gasteiger partial charge in [0.05, 0.1) is 10.0 Å². The lowest BCUT2D eigenvalue weighted by Crippen LogP contribution is -2.14. The molecule has 2 rings (SSSR count). The number of hydrogen-bond donors (Lipinski definition) is 0. The Kier molecular flexibility index (Phi) is 6.67. The van der Waals surface area contributed by atoms with Crippen LogP contribution in [0.15, 0.2) is 18.2 Å². The van der Waals surface area contributed by atoms with Crippen molar-refractivity contribution in [2.75, 3.05) is 13.2 Å². The van der Waals surface area contributed by atoms with Crippen LogP contribution in [0.4, 0.5) is 0 Å². The molecule has 1 nitrogen and oxygen atoms in total. The summed E-state index contributed by atoms with van der Waals surface area (Å²) < 4.78 is 5.41. The van der Waals surface area contributed by atoms with Crippen molar-refractivity contribution in [1.82, 2.24) is 0 Å². The maximum absolute atomic E-state index is 6.11. The highest BCUT2D eigenvalue weighted by molar-refractivity contribution is 6.42. The lowest BCUT2D eigenvalue weighted by atomic mass is 9.77.